The Morgan fingerprint density at radius 3 is 2.51 bits per heavy atom. The fourth-order valence-corrected chi connectivity index (χ4v) is 3.45. The molecule has 13 nitrogen and oxygen atoms in total. The van der Waals surface area contributed by atoms with E-state index >= 15 is 0 Å². The Kier molecular flexibility index (Phi) is 10.1. The van der Waals surface area contributed by atoms with Crippen LogP contribution in [0.1, 0.15) is 53.2 Å². The molecule has 2 heterocycles. The van der Waals surface area contributed by atoms with E-state index in [4.69, 9.17) is 14.6 Å². The number of unbranched alkanes of at least 4 members (excludes halogenated alkanes) is 1. The van der Waals surface area contributed by atoms with Crippen LogP contribution in [0.3, 0.4) is 0 Å². The van der Waals surface area contributed by atoms with Gasteiger partial charge in [-0.25, -0.2) is 9.59 Å². The van der Waals surface area contributed by atoms with Crippen molar-refractivity contribution in [1.82, 2.24) is 20.2 Å². The molecule has 0 radical (unpaired) electrons. The fraction of sp³-hybridized carbons (Fsp3) is 0.682. The minimum atomic E-state index is -3.89. The number of hydrogen-bond acceptors (Lipinski definition) is 9. The average molecular weight is 534 g/mol. The van der Waals surface area contributed by atoms with Gasteiger partial charge in [-0.2, -0.15) is 13.8 Å². The zero-order valence-electron chi connectivity index (χ0n) is 21.0. The molecule has 5 N–H and O–H groups in total. The molecule has 1 aromatic rings. The average Bonchev–Trinajstić information content (AvgIpc) is 3.00. The molecule has 1 aliphatic rings. The molecule has 1 saturated heterocycles. The van der Waals surface area contributed by atoms with E-state index in [0.717, 1.165) is 12.3 Å². The van der Waals surface area contributed by atoms with Gasteiger partial charge in [0.25, 0.3) is 0 Å². The fourth-order valence-electron chi connectivity index (χ4n) is 3.45. The number of ether oxygens (including phenoxy) is 2. The third-order valence-corrected chi connectivity index (χ3v) is 5.19. The molecule has 0 spiro atoms. The number of hydrogen-bond donors (Lipinski definition) is 5. The highest BCUT2D eigenvalue weighted by molar-refractivity contribution is 5.95. The summed E-state index contributed by atoms with van der Waals surface area (Å²) in [4.78, 5) is 52.1. The molecule has 1 fully saturated rings. The maximum absolute atomic E-state index is 14.4. The maximum atomic E-state index is 14.4. The standard InChI is InChI=1S/C22H33F2N5O8/c1-12(31)25-9-6-5-7-13(26-20(35)37-21(2,3)4)17(33)27-15-8-10-29(19(34)28-15)18-22(23,24)16(32)14(11-30)36-18/h8,10,13-14,16,18,30,32H,5-7,9,11H2,1-4H3,(H,25,31)(H,26,35)(H,27,28,33,34)/t13-,14+,16+,18+/m0/s1. The van der Waals surface area contributed by atoms with Crippen LogP contribution in [0.5, 0.6) is 0 Å². The van der Waals surface area contributed by atoms with E-state index in [9.17, 15) is 33.1 Å². The number of carbonyl (C=O) groups excluding carboxylic acids is 3. The quantitative estimate of drug-likeness (QED) is 0.264. The summed E-state index contributed by atoms with van der Waals surface area (Å²) >= 11 is 0. The molecular formula is C22H33F2N5O8. The first kappa shape index (κ1) is 30.1. The van der Waals surface area contributed by atoms with Gasteiger partial charge in [-0.15, -0.1) is 0 Å². The Bertz CT molecular complexity index is 1030. The van der Waals surface area contributed by atoms with Crippen LogP contribution in [-0.2, 0) is 19.1 Å². The number of aromatic nitrogens is 2. The van der Waals surface area contributed by atoms with Gasteiger partial charge in [0.05, 0.1) is 6.61 Å². The first-order chi connectivity index (χ1) is 17.2. The minimum absolute atomic E-state index is 0.157. The zero-order valence-corrected chi connectivity index (χ0v) is 21.0. The van der Waals surface area contributed by atoms with Crippen molar-refractivity contribution in [2.24, 2.45) is 0 Å². The number of aliphatic hydroxyl groups is 2. The van der Waals surface area contributed by atoms with E-state index in [1.165, 1.54) is 6.92 Å². The van der Waals surface area contributed by atoms with Crippen LogP contribution in [-0.4, -0.2) is 80.6 Å². The first-order valence-electron chi connectivity index (χ1n) is 11.6. The van der Waals surface area contributed by atoms with Gasteiger partial charge in [-0.05, 0) is 46.1 Å². The van der Waals surface area contributed by atoms with Crippen LogP contribution < -0.4 is 21.6 Å². The highest BCUT2D eigenvalue weighted by atomic mass is 19.3. The van der Waals surface area contributed by atoms with Crippen molar-refractivity contribution in [1.29, 1.82) is 0 Å². The number of carbonyl (C=O) groups is 3. The van der Waals surface area contributed by atoms with Crippen molar-refractivity contribution in [2.75, 3.05) is 18.5 Å². The van der Waals surface area contributed by atoms with E-state index in [1.54, 1.807) is 20.8 Å². The third kappa shape index (κ3) is 8.43. The van der Waals surface area contributed by atoms with E-state index in [1.807, 2.05) is 0 Å². The zero-order chi connectivity index (χ0) is 28.0. The number of nitrogens with one attached hydrogen (secondary N) is 3. The summed E-state index contributed by atoms with van der Waals surface area (Å²) in [5.41, 5.74) is -2.03. The molecule has 208 valence electrons. The lowest BCUT2D eigenvalue weighted by Crippen LogP contribution is -2.46. The van der Waals surface area contributed by atoms with E-state index < -0.39 is 60.3 Å². The van der Waals surface area contributed by atoms with E-state index in [0.29, 0.717) is 24.0 Å². The highest BCUT2D eigenvalue weighted by Crippen LogP contribution is 2.41. The van der Waals surface area contributed by atoms with Gasteiger partial charge >= 0.3 is 17.7 Å². The molecule has 2 rings (SSSR count). The van der Waals surface area contributed by atoms with Crippen LogP contribution >= 0.6 is 0 Å². The van der Waals surface area contributed by atoms with E-state index in [-0.39, 0.29) is 18.1 Å². The summed E-state index contributed by atoms with van der Waals surface area (Å²) in [5, 5.41) is 26.2. The second kappa shape index (κ2) is 12.4. The monoisotopic (exact) mass is 533 g/mol. The van der Waals surface area contributed by atoms with Crippen molar-refractivity contribution in [3.63, 3.8) is 0 Å². The molecule has 37 heavy (non-hydrogen) atoms. The minimum Gasteiger partial charge on any atom is -0.444 e. The third-order valence-electron chi connectivity index (χ3n) is 5.19. The Morgan fingerprint density at radius 1 is 1.30 bits per heavy atom. The second-order valence-corrected chi connectivity index (χ2v) is 9.50. The number of anilines is 1. The van der Waals surface area contributed by atoms with Gasteiger partial charge in [0.2, 0.25) is 18.0 Å². The molecular weight excluding hydrogens is 500 g/mol. The number of aliphatic hydroxyl groups excluding tert-OH is 2. The Morgan fingerprint density at radius 2 is 1.97 bits per heavy atom. The number of alkyl halides is 2. The molecule has 0 unspecified atom stereocenters. The highest BCUT2D eigenvalue weighted by Gasteiger charge is 2.59. The normalized spacial score (nSPS) is 21.7. The van der Waals surface area contributed by atoms with Gasteiger partial charge in [-0.3, -0.25) is 14.2 Å². The Hall–Kier alpha value is -3.17. The lowest BCUT2D eigenvalue weighted by atomic mass is 10.1. The van der Waals surface area contributed by atoms with Gasteiger partial charge < -0.3 is 35.6 Å². The first-order valence-corrected chi connectivity index (χ1v) is 11.6. The number of nitrogens with zero attached hydrogens (tertiary/aromatic N) is 2. The van der Waals surface area contributed by atoms with Crippen LogP contribution in [0.2, 0.25) is 0 Å². The van der Waals surface area contributed by atoms with Crippen molar-refractivity contribution in [3.8, 4) is 0 Å². The molecule has 0 aromatic carbocycles. The summed E-state index contributed by atoms with van der Waals surface area (Å²) in [7, 11) is 0. The number of halogens is 2. The number of amides is 3. The summed E-state index contributed by atoms with van der Waals surface area (Å²) in [6, 6.07) is -0.0296. The molecule has 15 heteroatoms. The summed E-state index contributed by atoms with van der Waals surface area (Å²) in [6.45, 7) is 5.79. The number of alkyl carbamates (subject to hydrolysis) is 1. The molecule has 0 aliphatic carbocycles. The van der Waals surface area contributed by atoms with Gasteiger partial charge in [0.15, 0.2) is 6.10 Å². The predicted octanol–water partition coefficient (Wildman–Crippen LogP) is 0.267. The Balaban J connectivity index is 2.13. The number of rotatable bonds is 10. The summed E-state index contributed by atoms with van der Waals surface area (Å²) in [6.07, 6.45) is -4.99. The lowest BCUT2D eigenvalue weighted by Gasteiger charge is -2.23. The van der Waals surface area contributed by atoms with Gasteiger partial charge in [0.1, 0.15) is 23.6 Å². The molecule has 0 saturated carbocycles. The maximum Gasteiger partial charge on any atom is 0.408 e. The van der Waals surface area contributed by atoms with Gasteiger partial charge in [-0.1, -0.05) is 0 Å². The molecule has 1 aromatic heterocycles. The van der Waals surface area contributed by atoms with Crippen molar-refractivity contribution < 1.29 is 42.9 Å². The van der Waals surface area contributed by atoms with Crippen molar-refractivity contribution in [2.45, 2.75) is 83.0 Å². The molecule has 3 amide bonds. The van der Waals surface area contributed by atoms with E-state index in [2.05, 4.69) is 20.9 Å². The Labute approximate surface area is 211 Å². The largest absolute Gasteiger partial charge is 0.444 e. The van der Waals surface area contributed by atoms with Crippen LogP contribution in [0.15, 0.2) is 17.1 Å². The van der Waals surface area contributed by atoms with Gasteiger partial charge in [0, 0.05) is 19.7 Å². The lowest BCUT2D eigenvalue weighted by molar-refractivity contribution is -0.141. The topological polar surface area (TPSA) is 181 Å². The molecule has 1 aliphatic heterocycles. The van der Waals surface area contributed by atoms with Crippen LogP contribution in [0.4, 0.5) is 19.4 Å². The van der Waals surface area contributed by atoms with Crippen molar-refractivity contribution >= 4 is 23.7 Å². The second-order valence-electron chi connectivity index (χ2n) is 9.50. The van der Waals surface area contributed by atoms with Crippen LogP contribution in [0, 0.1) is 0 Å². The van der Waals surface area contributed by atoms with Crippen molar-refractivity contribution in [3.05, 3.63) is 22.7 Å². The smallest absolute Gasteiger partial charge is 0.408 e. The van der Waals surface area contributed by atoms with Crippen LogP contribution in [0.25, 0.3) is 0 Å². The summed E-state index contributed by atoms with van der Waals surface area (Å²) in [5.74, 6) is -5.11. The molecule has 0 bridgehead atoms. The molecule has 4 atom stereocenters. The predicted molar refractivity (Wildman–Crippen MR) is 125 cm³/mol. The summed E-state index contributed by atoms with van der Waals surface area (Å²) < 4.78 is 39.3. The SMILES string of the molecule is CC(=O)NCCCC[C@H](NC(=O)OC(C)(C)C)C(=O)Nc1ccn([C@@H]2O[C@H](CO)[C@@H](O)C2(F)F)c(=O)n1.